The van der Waals surface area contributed by atoms with Crippen LogP contribution < -0.4 is 0 Å². The molecule has 0 bridgehead atoms. The summed E-state index contributed by atoms with van der Waals surface area (Å²) in [7, 11) is 0. The number of likely N-dealkylation sites (tertiary alicyclic amines) is 1. The molecule has 21 heavy (non-hydrogen) atoms. The monoisotopic (exact) mass is 319 g/mol. The zero-order chi connectivity index (χ0) is 14.8. The maximum Gasteiger partial charge on any atom is 0.263 e. The van der Waals surface area contributed by atoms with Crippen LogP contribution in [0, 0.1) is 5.92 Å². The molecule has 1 amide bonds. The summed E-state index contributed by atoms with van der Waals surface area (Å²) in [4.78, 5) is 15.3. The number of rotatable bonds is 2. The second-order valence-corrected chi connectivity index (χ2v) is 7.03. The average Bonchev–Trinajstić information content (AvgIpc) is 2.98. The number of carbonyl (C=O) groups excluding carboxylic acids is 1. The van der Waals surface area contributed by atoms with Gasteiger partial charge >= 0.3 is 0 Å². The smallest absolute Gasteiger partial charge is 0.263 e. The van der Waals surface area contributed by atoms with E-state index < -0.39 is 0 Å². The molecule has 1 aliphatic heterocycles. The van der Waals surface area contributed by atoms with Crippen LogP contribution in [0.4, 0.5) is 0 Å². The van der Waals surface area contributed by atoms with Crippen LogP contribution in [-0.2, 0) is 0 Å². The molecule has 0 radical (unpaired) electrons. The highest BCUT2D eigenvalue weighted by molar-refractivity contribution is 7.12. The Balaban J connectivity index is 1.75. The zero-order valence-corrected chi connectivity index (χ0v) is 13.6. The summed E-state index contributed by atoms with van der Waals surface area (Å²) < 4.78 is 0. The number of halogens is 1. The zero-order valence-electron chi connectivity index (χ0n) is 12.0. The second-order valence-electron chi connectivity index (χ2n) is 5.68. The van der Waals surface area contributed by atoms with Crippen LogP contribution in [0.1, 0.15) is 29.4 Å². The van der Waals surface area contributed by atoms with Crippen molar-refractivity contribution in [2.45, 2.75) is 19.8 Å². The van der Waals surface area contributed by atoms with Crippen LogP contribution in [0.5, 0.6) is 0 Å². The summed E-state index contributed by atoms with van der Waals surface area (Å²) in [5.74, 6) is 0.911. The van der Waals surface area contributed by atoms with Crippen LogP contribution >= 0.6 is 22.9 Å². The van der Waals surface area contributed by atoms with E-state index in [9.17, 15) is 4.79 Å². The molecule has 1 aliphatic rings. The van der Waals surface area contributed by atoms with Crippen LogP contribution in [0.3, 0.4) is 0 Å². The number of carbonyl (C=O) groups is 1. The molecule has 0 saturated carbocycles. The van der Waals surface area contributed by atoms with Crippen molar-refractivity contribution in [2.24, 2.45) is 5.92 Å². The van der Waals surface area contributed by atoms with E-state index in [-0.39, 0.29) is 5.91 Å². The molecular formula is C17H18ClNOS. The highest BCUT2D eigenvalue weighted by Crippen LogP contribution is 2.28. The first kappa shape index (κ1) is 14.6. The number of thiophene rings is 1. The molecule has 0 aliphatic carbocycles. The fourth-order valence-corrected chi connectivity index (χ4v) is 3.62. The molecule has 0 atom stereocenters. The van der Waals surface area contributed by atoms with Crippen molar-refractivity contribution in [3.05, 3.63) is 45.6 Å². The number of amides is 1. The molecule has 2 aromatic rings. The maximum absolute atomic E-state index is 12.5. The fraction of sp³-hybridized carbons (Fsp3) is 0.353. The molecule has 2 nitrogen and oxygen atoms in total. The third kappa shape index (κ3) is 3.30. The van der Waals surface area contributed by atoms with Gasteiger partial charge in [-0.3, -0.25) is 4.79 Å². The second kappa shape index (κ2) is 6.20. The van der Waals surface area contributed by atoms with E-state index in [1.807, 2.05) is 40.6 Å². The largest absolute Gasteiger partial charge is 0.338 e. The number of benzene rings is 1. The summed E-state index contributed by atoms with van der Waals surface area (Å²) in [6.45, 7) is 4.02. The van der Waals surface area contributed by atoms with Crippen LogP contribution in [-0.4, -0.2) is 23.9 Å². The molecule has 1 saturated heterocycles. The van der Waals surface area contributed by atoms with Crippen molar-refractivity contribution >= 4 is 28.8 Å². The fourth-order valence-electron chi connectivity index (χ4n) is 2.61. The Morgan fingerprint density at radius 3 is 2.52 bits per heavy atom. The molecule has 2 heterocycles. The lowest BCUT2D eigenvalue weighted by Crippen LogP contribution is -2.37. The van der Waals surface area contributed by atoms with Gasteiger partial charge in [-0.2, -0.15) is 0 Å². The molecule has 1 fully saturated rings. The highest BCUT2D eigenvalue weighted by atomic mass is 35.5. The Morgan fingerprint density at radius 2 is 1.86 bits per heavy atom. The SMILES string of the molecule is CC1CCN(C(=O)c2cc(-c3ccc(Cl)cc3)cs2)CC1. The van der Waals surface area contributed by atoms with E-state index in [4.69, 9.17) is 11.6 Å². The Bertz CT molecular complexity index is 626. The minimum atomic E-state index is 0.173. The van der Waals surface area contributed by atoms with E-state index in [0.717, 1.165) is 52.9 Å². The summed E-state index contributed by atoms with van der Waals surface area (Å²) in [6.07, 6.45) is 2.22. The first-order valence-corrected chi connectivity index (χ1v) is 8.53. The Morgan fingerprint density at radius 1 is 1.19 bits per heavy atom. The number of piperidine rings is 1. The molecule has 0 unspecified atom stereocenters. The van der Waals surface area contributed by atoms with E-state index in [1.54, 1.807) is 0 Å². The van der Waals surface area contributed by atoms with Crippen molar-refractivity contribution in [2.75, 3.05) is 13.1 Å². The van der Waals surface area contributed by atoms with Gasteiger partial charge in [-0.15, -0.1) is 11.3 Å². The van der Waals surface area contributed by atoms with Gasteiger partial charge in [0.15, 0.2) is 0 Å². The summed E-state index contributed by atoms with van der Waals surface area (Å²) in [5, 5.41) is 2.77. The predicted molar refractivity (Wildman–Crippen MR) is 89.1 cm³/mol. The lowest BCUT2D eigenvalue weighted by atomic mass is 9.99. The minimum absolute atomic E-state index is 0.173. The molecule has 110 valence electrons. The Hall–Kier alpha value is -1.32. The van der Waals surface area contributed by atoms with Crippen molar-refractivity contribution < 1.29 is 4.79 Å². The van der Waals surface area contributed by atoms with Crippen molar-refractivity contribution in [1.82, 2.24) is 4.90 Å². The standard InChI is InChI=1S/C17H18ClNOS/c1-12-6-8-19(9-7-12)17(20)16-10-14(11-21-16)13-2-4-15(18)5-3-13/h2-5,10-12H,6-9H2,1H3. The summed E-state index contributed by atoms with van der Waals surface area (Å²) in [5.41, 5.74) is 2.19. The molecule has 4 heteroatoms. The Labute approximate surface area is 134 Å². The van der Waals surface area contributed by atoms with Crippen LogP contribution in [0.25, 0.3) is 11.1 Å². The van der Waals surface area contributed by atoms with E-state index >= 15 is 0 Å². The lowest BCUT2D eigenvalue weighted by molar-refractivity contribution is 0.0702. The quantitative estimate of drug-likeness (QED) is 0.767. The Kier molecular flexibility index (Phi) is 4.32. The lowest BCUT2D eigenvalue weighted by Gasteiger charge is -2.29. The first-order valence-electron chi connectivity index (χ1n) is 7.27. The third-order valence-electron chi connectivity index (χ3n) is 4.06. The number of hydrogen-bond acceptors (Lipinski definition) is 2. The van der Waals surface area contributed by atoms with E-state index in [0.29, 0.717) is 0 Å². The molecule has 1 aromatic carbocycles. The number of nitrogens with zero attached hydrogens (tertiary/aromatic N) is 1. The summed E-state index contributed by atoms with van der Waals surface area (Å²) >= 11 is 7.44. The van der Waals surface area contributed by atoms with Gasteiger partial charge < -0.3 is 4.90 Å². The molecular weight excluding hydrogens is 302 g/mol. The van der Waals surface area contributed by atoms with Crippen molar-refractivity contribution in [3.8, 4) is 11.1 Å². The predicted octanol–water partition coefficient (Wildman–Crippen LogP) is 4.94. The molecule has 0 spiro atoms. The third-order valence-corrected chi connectivity index (χ3v) is 5.23. The first-order chi connectivity index (χ1) is 10.1. The van der Waals surface area contributed by atoms with Crippen molar-refractivity contribution in [1.29, 1.82) is 0 Å². The maximum atomic E-state index is 12.5. The average molecular weight is 320 g/mol. The van der Waals surface area contributed by atoms with Gasteiger partial charge in [0.2, 0.25) is 0 Å². The highest BCUT2D eigenvalue weighted by Gasteiger charge is 2.22. The van der Waals surface area contributed by atoms with Gasteiger partial charge in [-0.1, -0.05) is 30.7 Å². The van der Waals surface area contributed by atoms with Gasteiger partial charge in [0.1, 0.15) is 0 Å². The van der Waals surface area contributed by atoms with E-state index in [1.165, 1.54) is 11.3 Å². The van der Waals surface area contributed by atoms with Crippen molar-refractivity contribution in [3.63, 3.8) is 0 Å². The number of hydrogen-bond donors (Lipinski definition) is 0. The normalized spacial score (nSPS) is 16.2. The van der Waals surface area contributed by atoms with Gasteiger partial charge in [-0.25, -0.2) is 0 Å². The van der Waals surface area contributed by atoms with Gasteiger partial charge in [0.05, 0.1) is 4.88 Å². The van der Waals surface area contributed by atoms with Gasteiger partial charge in [-0.05, 0) is 53.5 Å². The van der Waals surface area contributed by atoms with Crippen LogP contribution in [0.2, 0.25) is 5.02 Å². The van der Waals surface area contributed by atoms with Gasteiger partial charge in [0.25, 0.3) is 5.91 Å². The van der Waals surface area contributed by atoms with Crippen LogP contribution in [0.15, 0.2) is 35.7 Å². The molecule has 1 aromatic heterocycles. The minimum Gasteiger partial charge on any atom is -0.338 e. The van der Waals surface area contributed by atoms with Gasteiger partial charge in [0, 0.05) is 18.1 Å². The topological polar surface area (TPSA) is 20.3 Å². The van der Waals surface area contributed by atoms with E-state index in [2.05, 4.69) is 6.92 Å². The summed E-state index contributed by atoms with van der Waals surface area (Å²) in [6, 6.07) is 9.72. The molecule has 3 rings (SSSR count). The molecule has 0 N–H and O–H groups in total.